The van der Waals surface area contributed by atoms with Crippen molar-refractivity contribution in [2.75, 3.05) is 6.61 Å². The normalized spacial score (nSPS) is 42.6. The molecule has 1 aromatic rings. The molecule has 158 valence electrons. The van der Waals surface area contributed by atoms with E-state index in [0.29, 0.717) is 18.3 Å². The van der Waals surface area contributed by atoms with E-state index in [2.05, 4.69) is 20.8 Å². The molecule has 5 fully saturated rings. The minimum atomic E-state index is -1.07. The first kappa shape index (κ1) is 19.5. The van der Waals surface area contributed by atoms with Gasteiger partial charge in [-0.05, 0) is 43.4 Å². The van der Waals surface area contributed by atoms with Gasteiger partial charge in [-0.1, -0.05) is 13.8 Å². The van der Waals surface area contributed by atoms with Crippen LogP contribution in [0.4, 0.5) is 4.39 Å². The number of H-pyrrole nitrogens is 1. The highest BCUT2D eigenvalue weighted by atomic mass is 19.1. The second-order valence-corrected chi connectivity index (χ2v) is 9.69. The summed E-state index contributed by atoms with van der Waals surface area (Å²) < 4.78 is 33.3. The van der Waals surface area contributed by atoms with Crippen molar-refractivity contribution in [2.24, 2.45) is 17.3 Å². The number of aromatic nitrogens is 2. The van der Waals surface area contributed by atoms with Gasteiger partial charge < -0.3 is 19.2 Å². The number of aliphatic hydroxyl groups excluding tert-OH is 1. The van der Waals surface area contributed by atoms with Gasteiger partial charge >= 0.3 is 12.8 Å². The highest BCUT2D eigenvalue weighted by Crippen LogP contribution is 2.66. The quantitative estimate of drug-likeness (QED) is 0.726. The predicted octanol–water partition coefficient (Wildman–Crippen LogP) is 1.05. The number of aromatic amines is 1. The fourth-order valence-electron chi connectivity index (χ4n) is 6.14. The van der Waals surface area contributed by atoms with Crippen molar-refractivity contribution < 1.29 is 23.5 Å². The molecule has 0 unspecified atom stereocenters. The summed E-state index contributed by atoms with van der Waals surface area (Å²) in [5, 5.41) is 9.84. The molecule has 0 spiro atoms. The van der Waals surface area contributed by atoms with E-state index in [4.69, 9.17) is 14.0 Å². The van der Waals surface area contributed by atoms with Crippen molar-refractivity contribution in [3.8, 4) is 0 Å². The van der Waals surface area contributed by atoms with Crippen LogP contribution in [-0.2, 0) is 14.0 Å². The molecular weight excluding hydrogens is 382 g/mol. The lowest BCUT2D eigenvalue weighted by Crippen LogP contribution is -2.65. The number of ether oxygens (including phenoxy) is 1. The second-order valence-electron chi connectivity index (χ2n) is 9.69. The highest BCUT2D eigenvalue weighted by molar-refractivity contribution is 6.47. The third-order valence-electron chi connectivity index (χ3n) is 8.02. The molecular formula is C19H26BFN2O6. The lowest BCUT2D eigenvalue weighted by molar-refractivity contribution is -0.199. The zero-order valence-corrected chi connectivity index (χ0v) is 16.8. The maximum atomic E-state index is 13.7. The SMILES string of the molecule is CC1(C)[C@@H]2C[C@H]3OB([C@H]4C[C@H](n5cc(F)c(=O)[nH]c5=O)O[C@@H]4CO)O[C@@]3(C)[C@H]1C2. The molecule has 0 amide bonds. The van der Waals surface area contributed by atoms with Crippen LogP contribution in [-0.4, -0.2) is 46.2 Å². The molecule has 29 heavy (non-hydrogen) atoms. The average molecular weight is 408 g/mol. The summed E-state index contributed by atoms with van der Waals surface area (Å²) in [7, 11) is -0.564. The number of hydrogen-bond donors (Lipinski definition) is 2. The van der Waals surface area contributed by atoms with E-state index in [1.807, 2.05) is 4.98 Å². The number of aliphatic hydroxyl groups is 1. The van der Waals surface area contributed by atoms with Crippen LogP contribution in [0.5, 0.6) is 0 Å². The summed E-state index contributed by atoms with van der Waals surface area (Å²) in [4.78, 5) is 25.4. The third kappa shape index (κ3) is 2.65. The molecule has 2 N–H and O–H groups in total. The molecule has 1 aromatic heterocycles. The Balaban J connectivity index is 1.39. The lowest BCUT2D eigenvalue weighted by Gasteiger charge is -2.64. The van der Waals surface area contributed by atoms with E-state index >= 15 is 0 Å². The van der Waals surface area contributed by atoms with Gasteiger partial charge in [0, 0.05) is 5.82 Å². The first-order chi connectivity index (χ1) is 13.6. The summed E-state index contributed by atoms with van der Waals surface area (Å²) in [6.07, 6.45) is 1.80. The summed E-state index contributed by atoms with van der Waals surface area (Å²) in [6, 6.07) is 0. The number of hydrogen-bond acceptors (Lipinski definition) is 6. The zero-order valence-electron chi connectivity index (χ0n) is 16.8. The molecule has 8 nitrogen and oxygen atoms in total. The Morgan fingerprint density at radius 3 is 2.76 bits per heavy atom. The Bertz CT molecular complexity index is 949. The molecule has 6 rings (SSSR count). The molecule has 10 heteroatoms. The van der Waals surface area contributed by atoms with Gasteiger partial charge in [0.05, 0.1) is 30.6 Å². The molecule has 5 aliphatic rings. The van der Waals surface area contributed by atoms with Crippen molar-refractivity contribution in [1.29, 1.82) is 0 Å². The van der Waals surface area contributed by atoms with Crippen molar-refractivity contribution in [2.45, 2.75) is 69.9 Å². The smallest absolute Gasteiger partial charge is 0.405 e. The van der Waals surface area contributed by atoms with Crippen LogP contribution in [0.15, 0.2) is 15.8 Å². The van der Waals surface area contributed by atoms with Gasteiger partial charge in [-0.3, -0.25) is 14.3 Å². The van der Waals surface area contributed by atoms with Gasteiger partial charge in [0.15, 0.2) is 0 Å². The van der Waals surface area contributed by atoms with E-state index in [1.165, 1.54) is 0 Å². The standard InChI is InChI=1S/C19H26BFN2O6/c1-18(2)9-4-13(18)19(3)14(5-9)28-20(29-19)10-6-15(27-12(10)8-24)23-7-11(21)16(25)22-17(23)26/h7,9-10,12-15,24H,4-6,8H2,1-3H3,(H,22,25,26)/t9-,10-,12+,13-,14+,15+,19-/m0/s1. The van der Waals surface area contributed by atoms with E-state index in [-0.39, 0.29) is 29.5 Å². The van der Waals surface area contributed by atoms with Crippen LogP contribution >= 0.6 is 0 Å². The minimum Gasteiger partial charge on any atom is -0.405 e. The van der Waals surface area contributed by atoms with E-state index < -0.39 is 36.5 Å². The largest absolute Gasteiger partial charge is 0.463 e. The maximum Gasteiger partial charge on any atom is 0.463 e. The Kier molecular flexibility index (Phi) is 4.20. The molecule has 0 aromatic carbocycles. The second kappa shape index (κ2) is 6.26. The highest BCUT2D eigenvalue weighted by Gasteiger charge is 2.69. The van der Waals surface area contributed by atoms with Crippen molar-refractivity contribution in [3.63, 3.8) is 0 Å². The molecule has 3 aliphatic carbocycles. The Hall–Kier alpha value is -1.49. The maximum absolute atomic E-state index is 13.7. The van der Waals surface area contributed by atoms with E-state index in [0.717, 1.165) is 23.6 Å². The first-order valence-corrected chi connectivity index (χ1v) is 10.3. The monoisotopic (exact) mass is 408 g/mol. The minimum absolute atomic E-state index is 0.00378. The molecule has 3 saturated carbocycles. The van der Waals surface area contributed by atoms with E-state index in [1.54, 1.807) is 0 Å². The molecule has 3 heterocycles. The Morgan fingerprint density at radius 2 is 2.07 bits per heavy atom. The van der Waals surface area contributed by atoms with Crippen LogP contribution < -0.4 is 11.2 Å². The van der Waals surface area contributed by atoms with Gasteiger partial charge in [-0.15, -0.1) is 0 Å². The van der Waals surface area contributed by atoms with E-state index in [9.17, 15) is 19.1 Å². The molecule has 2 bridgehead atoms. The average Bonchev–Trinajstić information content (AvgIpc) is 3.24. The summed E-state index contributed by atoms with van der Waals surface area (Å²) in [5.74, 6) is -0.345. The van der Waals surface area contributed by atoms with Crippen molar-refractivity contribution in [1.82, 2.24) is 9.55 Å². The predicted molar refractivity (Wildman–Crippen MR) is 101 cm³/mol. The summed E-state index contributed by atoms with van der Waals surface area (Å²) in [5.41, 5.74) is -1.99. The van der Waals surface area contributed by atoms with Gasteiger partial charge in [-0.2, -0.15) is 4.39 Å². The molecule has 2 aliphatic heterocycles. The topological polar surface area (TPSA) is 103 Å². The first-order valence-electron chi connectivity index (χ1n) is 10.3. The van der Waals surface area contributed by atoms with Crippen molar-refractivity contribution in [3.05, 3.63) is 32.9 Å². The van der Waals surface area contributed by atoms with Crippen LogP contribution in [0.2, 0.25) is 5.82 Å². The van der Waals surface area contributed by atoms with Crippen LogP contribution in [0.3, 0.4) is 0 Å². The van der Waals surface area contributed by atoms with Crippen LogP contribution in [0.1, 0.15) is 46.3 Å². The molecule has 7 atom stereocenters. The summed E-state index contributed by atoms with van der Waals surface area (Å²) >= 11 is 0. The molecule has 2 saturated heterocycles. The van der Waals surface area contributed by atoms with Gasteiger partial charge in [0.2, 0.25) is 5.82 Å². The van der Waals surface area contributed by atoms with Crippen molar-refractivity contribution >= 4 is 7.12 Å². The van der Waals surface area contributed by atoms with Crippen LogP contribution in [0, 0.1) is 23.1 Å². The number of halogens is 1. The van der Waals surface area contributed by atoms with Gasteiger partial charge in [-0.25, -0.2) is 4.79 Å². The van der Waals surface area contributed by atoms with Gasteiger partial charge in [0.1, 0.15) is 6.23 Å². The fourth-order valence-corrected chi connectivity index (χ4v) is 6.14. The Labute approximate surface area is 167 Å². The lowest BCUT2D eigenvalue weighted by atomic mass is 9.43. The number of rotatable bonds is 3. The third-order valence-corrected chi connectivity index (χ3v) is 8.02. The fraction of sp³-hybridized carbons (Fsp3) is 0.789. The Morgan fingerprint density at radius 1 is 1.31 bits per heavy atom. The van der Waals surface area contributed by atoms with Crippen LogP contribution in [0.25, 0.3) is 0 Å². The number of nitrogens with one attached hydrogen (secondary N) is 1. The summed E-state index contributed by atoms with van der Waals surface area (Å²) in [6.45, 7) is 6.41. The molecule has 0 radical (unpaired) electrons. The zero-order chi connectivity index (χ0) is 20.7. The number of nitrogens with zero attached hydrogens (tertiary/aromatic N) is 1. The van der Waals surface area contributed by atoms with Gasteiger partial charge in [0.25, 0.3) is 5.56 Å².